The third-order valence-corrected chi connectivity index (χ3v) is 4.41. The van der Waals surface area contributed by atoms with E-state index in [1.54, 1.807) is 0 Å². The quantitative estimate of drug-likeness (QED) is 0.803. The van der Waals surface area contributed by atoms with Gasteiger partial charge in [-0.25, -0.2) is 8.42 Å². The van der Waals surface area contributed by atoms with E-state index in [1.165, 1.54) is 6.07 Å². The van der Waals surface area contributed by atoms with Crippen molar-refractivity contribution in [2.45, 2.75) is 37.7 Å². The van der Waals surface area contributed by atoms with Crippen molar-refractivity contribution in [2.75, 3.05) is 13.2 Å². The van der Waals surface area contributed by atoms with Crippen LogP contribution in [0.1, 0.15) is 24.0 Å². The third kappa shape index (κ3) is 3.61. The van der Waals surface area contributed by atoms with Crippen molar-refractivity contribution in [3.8, 4) is 5.75 Å². The highest BCUT2D eigenvalue weighted by atomic mass is 35.7. The van der Waals surface area contributed by atoms with Gasteiger partial charge in [0.2, 0.25) is 0 Å². The highest BCUT2D eigenvalue weighted by Crippen LogP contribution is 2.32. The topological polar surface area (TPSA) is 52.6 Å². The number of hydrogen-bond acceptors (Lipinski definition) is 4. The number of benzene rings is 1. The molecule has 1 saturated heterocycles. The van der Waals surface area contributed by atoms with E-state index in [9.17, 15) is 8.42 Å². The fourth-order valence-electron chi connectivity index (χ4n) is 2.23. The molecule has 19 heavy (non-hydrogen) atoms. The maximum Gasteiger partial charge on any atom is 0.265 e. The van der Waals surface area contributed by atoms with Crippen molar-refractivity contribution in [3.05, 3.63) is 23.3 Å². The first kappa shape index (κ1) is 14.6. The molecular formula is C13H17ClO4S. The minimum atomic E-state index is -3.82. The smallest absolute Gasteiger partial charge is 0.265 e. The van der Waals surface area contributed by atoms with Crippen LogP contribution in [-0.4, -0.2) is 27.7 Å². The number of rotatable bonds is 4. The molecule has 106 valence electrons. The zero-order valence-corrected chi connectivity index (χ0v) is 12.6. The highest BCUT2D eigenvalue weighted by Gasteiger charge is 2.22. The summed E-state index contributed by atoms with van der Waals surface area (Å²) in [5.41, 5.74) is 1.60. The van der Waals surface area contributed by atoms with Crippen LogP contribution in [0.15, 0.2) is 17.0 Å². The predicted octanol–water partition coefficient (Wildman–Crippen LogP) is 2.79. The first-order chi connectivity index (χ1) is 8.88. The van der Waals surface area contributed by atoms with Crippen molar-refractivity contribution >= 4 is 19.7 Å². The summed E-state index contributed by atoms with van der Waals surface area (Å²) in [6, 6.07) is 3.40. The molecule has 0 amide bonds. The summed E-state index contributed by atoms with van der Waals surface area (Å²) < 4.78 is 34.3. The van der Waals surface area contributed by atoms with Crippen molar-refractivity contribution in [2.24, 2.45) is 0 Å². The molecule has 1 aliphatic heterocycles. The lowest BCUT2D eigenvalue weighted by Crippen LogP contribution is -2.17. The number of aryl methyl sites for hydroxylation is 2. The first-order valence-electron chi connectivity index (χ1n) is 6.18. The Morgan fingerprint density at radius 2 is 2.16 bits per heavy atom. The fraction of sp³-hybridized carbons (Fsp3) is 0.538. The zero-order valence-electron chi connectivity index (χ0n) is 11.0. The van der Waals surface area contributed by atoms with Crippen LogP contribution in [0, 0.1) is 13.8 Å². The molecule has 0 radical (unpaired) electrons. The Bertz CT molecular complexity index is 562. The molecule has 0 spiro atoms. The maximum atomic E-state index is 11.6. The zero-order chi connectivity index (χ0) is 14.0. The summed E-state index contributed by atoms with van der Waals surface area (Å²) >= 11 is 0. The van der Waals surface area contributed by atoms with E-state index in [0.29, 0.717) is 12.4 Å². The summed E-state index contributed by atoms with van der Waals surface area (Å²) in [4.78, 5) is 0.0321. The normalized spacial score (nSPS) is 19.6. The van der Waals surface area contributed by atoms with Gasteiger partial charge in [-0.05, 0) is 43.9 Å². The molecule has 1 unspecified atom stereocenters. The van der Waals surface area contributed by atoms with E-state index >= 15 is 0 Å². The summed E-state index contributed by atoms with van der Waals surface area (Å²) in [5, 5.41) is 0. The average Bonchev–Trinajstić information content (AvgIpc) is 2.78. The third-order valence-electron chi connectivity index (χ3n) is 3.09. The number of hydrogen-bond donors (Lipinski definition) is 0. The molecule has 0 aliphatic carbocycles. The van der Waals surface area contributed by atoms with Gasteiger partial charge in [0.15, 0.2) is 0 Å². The van der Waals surface area contributed by atoms with Crippen LogP contribution in [0.4, 0.5) is 0 Å². The van der Waals surface area contributed by atoms with Crippen LogP contribution in [0.3, 0.4) is 0 Å². The molecule has 1 heterocycles. The Morgan fingerprint density at radius 1 is 1.42 bits per heavy atom. The Labute approximate surface area is 118 Å². The van der Waals surface area contributed by atoms with Crippen molar-refractivity contribution in [1.29, 1.82) is 0 Å². The summed E-state index contributed by atoms with van der Waals surface area (Å²) in [6.07, 6.45) is 1.99. The van der Waals surface area contributed by atoms with Gasteiger partial charge in [-0.2, -0.15) is 0 Å². The first-order valence-corrected chi connectivity index (χ1v) is 8.49. The van der Waals surface area contributed by atoms with E-state index in [-0.39, 0.29) is 11.0 Å². The lowest BCUT2D eigenvalue weighted by molar-refractivity contribution is 0.0667. The molecule has 0 saturated carbocycles. The second kappa shape index (κ2) is 5.69. The standard InChI is InChI=1S/C13H17ClO4S/c1-9-6-10(2)13(12(7-9)19(14,15)16)18-8-11-4-3-5-17-11/h6-7,11H,3-5,8H2,1-2H3. The van der Waals surface area contributed by atoms with Crippen LogP contribution in [0.2, 0.25) is 0 Å². The van der Waals surface area contributed by atoms with E-state index in [0.717, 1.165) is 30.6 Å². The summed E-state index contributed by atoms with van der Waals surface area (Å²) in [7, 11) is 1.65. The number of halogens is 1. The monoisotopic (exact) mass is 304 g/mol. The maximum absolute atomic E-state index is 11.6. The van der Waals surface area contributed by atoms with Gasteiger partial charge in [0.05, 0.1) is 6.10 Å². The molecular weight excluding hydrogens is 288 g/mol. The molecule has 1 atom stereocenters. The van der Waals surface area contributed by atoms with Gasteiger partial charge in [-0.15, -0.1) is 0 Å². The van der Waals surface area contributed by atoms with Gasteiger partial charge in [0, 0.05) is 17.3 Å². The Balaban J connectivity index is 2.27. The van der Waals surface area contributed by atoms with Gasteiger partial charge in [0.25, 0.3) is 9.05 Å². The Morgan fingerprint density at radius 3 is 2.74 bits per heavy atom. The molecule has 0 aromatic heterocycles. The minimum absolute atomic E-state index is 0.0321. The van der Waals surface area contributed by atoms with Gasteiger partial charge < -0.3 is 9.47 Å². The molecule has 2 rings (SSSR count). The van der Waals surface area contributed by atoms with Crippen LogP contribution < -0.4 is 4.74 Å². The highest BCUT2D eigenvalue weighted by molar-refractivity contribution is 8.13. The lowest BCUT2D eigenvalue weighted by atomic mass is 10.1. The van der Waals surface area contributed by atoms with E-state index < -0.39 is 9.05 Å². The van der Waals surface area contributed by atoms with Crippen LogP contribution in [0.25, 0.3) is 0 Å². The fourth-order valence-corrected chi connectivity index (χ4v) is 3.35. The molecule has 0 bridgehead atoms. The average molecular weight is 305 g/mol. The Kier molecular flexibility index (Phi) is 4.38. The van der Waals surface area contributed by atoms with E-state index in [1.807, 2.05) is 19.9 Å². The van der Waals surface area contributed by atoms with Crippen LogP contribution >= 0.6 is 10.7 Å². The molecule has 0 N–H and O–H groups in total. The van der Waals surface area contributed by atoms with Gasteiger partial charge in [-0.1, -0.05) is 6.07 Å². The second-order valence-corrected chi connectivity index (χ2v) is 7.33. The Hall–Kier alpha value is -0.780. The molecule has 1 aliphatic rings. The van der Waals surface area contributed by atoms with Crippen LogP contribution in [-0.2, 0) is 13.8 Å². The number of ether oxygens (including phenoxy) is 2. The van der Waals surface area contributed by atoms with Crippen molar-refractivity contribution in [1.82, 2.24) is 0 Å². The lowest BCUT2D eigenvalue weighted by Gasteiger charge is -2.16. The van der Waals surface area contributed by atoms with E-state index in [2.05, 4.69) is 0 Å². The van der Waals surface area contributed by atoms with Crippen LogP contribution in [0.5, 0.6) is 5.75 Å². The summed E-state index contributed by atoms with van der Waals surface area (Å²) in [6.45, 7) is 4.72. The molecule has 6 heteroatoms. The van der Waals surface area contributed by atoms with Gasteiger partial charge in [-0.3, -0.25) is 0 Å². The molecule has 1 fully saturated rings. The van der Waals surface area contributed by atoms with E-state index in [4.69, 9.17) is 20.2 Å². The molecule has 4 nitrogen and oxygen atoms in total. The van der Waals surface area contributed by atoms with Crippen molar-refractivity contribution in [3.63, 3.8) is 0 Å². The largest absolute Gasteiger partial charge is 0.489 e. The van der Waals surface area contributed by atoms with Gasteiger partial charge >= 0.3 is 0 Å². The van der Waals surface area contributed by atoms with Crippen molar-refractivity contribution < 1.29 is 17.9 Å². The molecule has 1 aromatic rings. The second-order valence-electron chi connectivity index (χ2n) is 4.79. The SMILES string of the molecule is Cc1cc(C)c(OCC2CCCO2)c(S(=O)(=O)Cl)c1. The predicted molar refractivity (Wildman–Crippen MR) is 73.4 cm³/mol. The minimum Gasteiger partial charge on any atom is -0.489 e. The summed E-state index contributed by atoms with van der Waals surface area (Å²) in [5.74, 6) is 0.330. The molecule has 1 aromatic carbocycles. The van der Waals surface area contributed by atoms with Gasteiger partial charge in [0.1, 0.15) is 17.3 Å².